The van der Waals surface area contributed by atoms with Gasteiger partial charge in [-0.25, -0.2) is 0 Å². The van der Waals surface area contributed by atoms with Crippen molar-refractivity contribution in [2.24, 2.45) is 0 Å². The van der Waals surface area contributed by atoms with Gasteiger partial charge in [0.1, 0.15) is 5.75 Å². The van der Waals surface area contributed by atoms with E-state index in [0.29, 0.717) is 5.92 Å². The summed E-state index contributed by atoms with van der Waals surface area (Å²) in [6.07, 6.45) is 5.33. The maximum absolute atomic E-state index is 12.2. The molecule has 0 radical (unpaired) electrons. The number of amides is 1. The van der Waals surface area contributed by atoms with E-state index >= 15 is 0 Å². The molecule has 24 heavy (non-hydrogen) atoms. The molecule has 1 aromatic rings. The maximum atomic E-state index is 12.2. The van der Waals surface area contributed by atoms with E-state index in [2.05, 4.69) is 31.3 Å². The van der Waals surface area contributed by atoms with Gasteiger partial charge in [0.2, 0.25) is 5.91 Å². The van der Waals surface area contributed by atoms with Crippen LogP contribution in [0.15, 0.2) is 12.1 Å². The van der Waals surface area contributed by atoms with E-state index in [0.717, 1.165) is 63.2 Å². The second kappa shape index (κ2) is 7.56. The lowest BCUT2D eigenvalue weighted by atomic mass is 9.85. The Hall–Kier alpha value is -1.55. The minimum Gasteiger partial charge on any atom is -0.493 e. The van der Waals surface area contributed by atoms with Gasteiger partial charge in [-0.1, -0.05) is 13.0 Å². The molecule has 132 valence electrons. The smallest absolute Gasteiger partial charge is 0.224 e. The van der Waals surface area contributed by atoms with Crippen LogP contribution >= 0.6 is 0 Å². The van der Waals surface area contributed by atoms with E-state index in [4.69, 9.17) is 4.74 Å². The summed E-state index contributed by atoms with van der Waals surface area (Å²) in [5.41, 5.74) is 3.65. The number of benzene rings is 1. The van der Waals surface area contributed by atoms with Crippen LogP contribution in [0.3, 0.4) is 0 Å². The average Bonchev–Trinajstić information content (AvgIpc) is 2.59. The lowest BCUT2D eigenvalue weighted by Gasteiger charge is -2.37. The first-order valence-corrected chi connectivity index (χ1v) is 9.42. The Morgan fingerprint density at radius 1 is 1.29 bits per heavy atom. The van der Waals surface area contributed by atoms with E-state index in [1.807, 2.05) is 4.90 Å². The lowest BCUT2D eigenvalue weighted by molar-refractivity contribution is -0.117. The zero-order chi connectivity index (χ0) is 17.1. The third kappa shape index (κ3) is 3.30. The second-order valence-corrected chi connectivity index (χ2v) is 7.13. The first-order valence-electron chi connectivity index (χ1n) is 9.42. The van der Waals surface area contributed by atoms with E-state index < -0.39 is 0 Å². The van der Waals surface area contributed by atoms with Crippen LogP contribution in [0.2, 0.25) is 0 Å². The van der Waals surface area contributed by atoms with E-state index in [-0.39, 0.29) is 11.9 Å². The topological polar surface area (TPSA) is 41.6 Å². The number of nitrogens with zero attached hydrogens (tertiary/aromatic N) is 1. The summed E-state index contributed by atoms with van der Waals surface area (Å²) in [6.45, 7) is 8.83. The molecule has 0 saturated carbocycles. The molecule has 1 atom stereocenters. The van der Waals surface area contributed by atoms with Crippen molar-refractivity contribution in [2.45, 2.75) is 64.8 Å². The van der Waals surface area contributed by atoms with Gasteiger partial charge in [0.25, 0.3) is 0 Å². The van der Waals surface area contributed by atoms with Crippen molar-refractivity contribution in [1.82, 2.24) is 5.32 Å². The lowest BCUT2D eigenvalue weighted by Crippen LogP contribution is -2.41. The summed E-state index contributed by atoms with van der Waals surface area (Å²) < 4.78 is 6.24. The predicted octanol–water partition coefficient (Wildman–Crippen LogP) is 3.63. The van der Waals surface area contributed by atoms with Crippen molar-refractivity contribution in [2.75, 3.05) is 24.6 Å². The summed E-state index contributed by atoms with van der Waals surface area (Å²) >= 11 is 0. The molecule has 0 bridgehead atoms. The summed E-state index contributed by atoms with van der Waals surface area (Å²) in [4.78, 5) is 14.1. The highest BCUT2D eigenvalue weighted by molar-refractivity contribution is 5.94. The fraction of sp³-hybridized carbons (Fsp3) is 0.650. The van der Waals surface area contributed by atoms with Crippen LogP contribution in [0, 0.1) is 0 Å². The van der Waals surface area contributed by atoms with Crippen LogP contribution < -0.4 is 15.0 Å². The number of carbonyl (C=O) groups is 1. The highest BCUT2D eigenvalue weighted by Crippen LogP contribution is 2.43. The van der Waals surface area contributed by atoms with Crippen molar-refractivity contribution in [3.63, 3.8) is 0 Å². The van der Waals surface area contributed by atoms with Crippen molar-refractivity contribution >= 4 is 11.6 Å². The van der Waals surface area contributed by atoms with Crippen molar-refractivity contribution in [1.29, 1.82) is 0 Å². The quantitative estimate of drug-likeness (QED) is 0.916. The van der Waals surface area contributed by atoms with Gasteiger partial charge in [0.15, 0.2) is 0 Å². The van der Waals surface area contributed by atoms with Crippen LogP contribution in [-0.4, -0.2) is 31.6 Å². The van der Waals surface area contributed by atoms with Crippen molar-refractivity contribution < 1.29 is 9.53 Å². The van der Waals surface area contributed by atoms with Crippen LogP contribution in [0.4, 0.5) is 5.69 Å². The van der Waals surface area contributed by atoms with Gasteiger partial charge < -0.3 is 15.0 Å². The molecule has 0 aliphatic carbocycles. The highest BCUT2D eigenvalue weighted by atomic mass is 16.5. The third-order valence-electron chi connectivity index (χ3n) is 5.35. The predicted molar refractivity (Wildman–Crippen MR) is 98.0 cm³/mol. The molecule has 1 N–H and O–H groups in total. The van der Waals surface area contributed by atoms with Gasteiger partial charge in [0, 0.05) is 18.5 Å². The number of rotatable bonds is 4. The average molecular weight is 330 g/mol. The molecule has 2 aliphatic rings. The zero-order valence-electron chi connectivity index (χ0n) is 15.2. The van der Waals surface area contributed by atoms with Gasteiger partial charge in [-0.2, -0.15) is 0 Å². The van der Waals surface area contributed by atoms with Crippen LogP contribution in [-0.2, 0) is 11.2 Å². The Balaban J connectivity index is 2.04. The number of hydrogen-bond donors (Lipinski definition) is 1. The molecule has 3 rings (SSSR count). The number of carbonyl (C=O) groups excluding carboxylic acids is 1. The number of anilines is 1. The van der Waals surface area contributed by atoms with Gasteiger partial charge >= 0.3 is 0 Å². The van der Waals surface area contributed by atoms with E-state index in [1.54, 1.807) is 6.92 Å². The number of nitrogens with one attached hydrogen (secondary N) is 1. The molecule has 1 fully saturated rings. The largest absolute Gasteiger partial charge is 0.493 e. The van der Waals surface area contributed by atoms with Gasteiger partial charge in [-0.15, -0.1) is 0 Å². The van der Waals surface area contributed by atoms with E-state index in [9.17, 15) is 4.79 Å². The van der Waals surface area contributed by atoms with Gasteiger partial charge in [0.05, 0.1) is 12.3 Å². The third-order valence-corrected chi connectivity index (χ3v) is 5.35. The molecule has 0 spiro atoms. The molecule has 0 aromatic heterocycles. The summed E-state index contributed by atoms with van der Waals surface area (Å²) in [7, 11) is 0. The second-order valence-electron chi connectivity index (χ2n) is 7.13. The van der Waals surface area contributed by atoms with E-state index in [1.165, 1.54) is 11.1 Å². The highest BCUT2D eigenvalue weighted by Gasteiger charge is 2.31. The first-order chi connectivity index (χ1) is 11.6. The minimum absolute atomic E-state index is 0.125. The fourth-order valence-corrected chi connectivity index (χ4v) is 4.13. The minimum atomic E-state index is 0.125. The molecule has 1 amide bonds. The Morgan fingerprint density at radius 2 is 2.04 bits per heavy atom. The van der Waals surface area contributed by atoms with Crippen LogP contribution in [0.1, 0.15) is 63.5 Å². The summed E-state index contributed by atoms with van der Waals surface area (Å²) in [5.74, 6) is 1.76. The SMILES string of the molecule is CCCOc1c(C2CCNCC2)ccc2c1CCC(C)N2C(C)=O. The summed E-state index contributed by atoms with van der Waals surface area (Å²) in [6, 6.07) is 4.63. The van der Waals surface area contributed by atoms with Gasteiger partial charge in [-0.3, -0.25) is 4.79 Å². The molecule has 4 nitrogen and oxygen atoms in total. The number of hydrogen-bond acceptors (Lipinski definition) is 3. The molecule has 2 aliphatic heterocycles. The Bertz CT molecular complexity index is 594. The molecule has 2 heterocycles. The monoisotopic (exact) mass is 330 g/mol. The Kier molecular flexibility index (Phi) is 5.44. The Morgan fingerprint density at radius 3 is 2.71 bits per heavy atom. The Labute approximate surface area is 145 Å². The molecule has 1 aromatic carbocycles. The van der Waals surface area contributed by atoms with Gasteiger partial charge in [-0.05, 0) is 69.7 Å². The molecular formula is C20H30N2O2. The normalized spacial score (nSPS) is 21.5. The standard InChI is InChI=1S/C20H30N2O2/c1-4-13-24-20-17(16-9-11-21-12-10-16)7-8-19-18(20)6-5-14(2)22(19)15(3)23/h7-8,14,16,21H,4-6,9-13H2,1-3H3. The number of ether oxygens (including phenoxy) is 1. The molecule has 4 heteroatoms. The molecule has 1 saturated heterocycles. The molecular weight excluding hydrogens is 300 g/mol. The fourth-order valence-electron chi connectivity index (χ4n) is 4.13. The number of fused-ring (bicyclic) bond motifs is 1. The number of piperidine rings is 1. The molecule has 1 unspecified atom stereocenters. The van der Waals surface area contributed by atoms with Crippen LogP contribution in [0.25, 0.3) is 0 Å². The summed E-state index contributed by atoms with van der Waals surface area (Å²) in [5, 5.41) is 3.44. The zero-order valence-corrected chi connectivity index (χ0v) is 15.2. The van der Waals surface area contributed by atoms with Crippen molar-refractivity contribution in [3.8, 4) is 5.75 Å². The van der Waals surface area contributed by atoms with Crippen molar-refractivity contribution in [3.05, 3.63) is 23.3 Å². The maximum Gasteiger partial charge on any atom is 0.224 e. The first kappa shape index (κ1) is 17.3. The van der Waals surface area contributed by atoms with Crippen LogP contribution in [0.5, 0.6) is 5.75 Å².